The summed E-state index contributed by atoms with van der Waals surface area (Å²) < 4.78 is 0. The van der Waals surface area contributed by atoms with Crippen LogP contribution in [-0.4, -0.2) is 16.5 Å². The Morgan fingerprint density at radius 1 is 0.962 bits per heavy atom. The van der Waals surface area contributed by atoms with Crippen LogP contribution in [0.5, 0.6) is 0 Å². The Labute approximate surface area is 155 Å². The van der Waals surface area contributed by atoms with Crippen LogP contribution in [0, 0.1) is 13.8 Å². The third-order valence-corrected chi connectivity index (χ3v) is 4.38. The molecule has 2 aromatic carbocycles. The quantitative estimate of drug-likeness (QED) is 0.646. The molecule has 0 aliphatic carbocycles. The van der Waals surface area contributed by atoms with Gasteiger partial charge in [0.05, 0.1) is 0 Å². The van der Waals surface area contributed by atoms with E-state index in [0.29, 0.717) is 0 Å². The lowest BCUT2D eigenvalue weighted by Crippen LogP contribution is -2.20. The maximum Gasteiger partial charge on any atom is 0.232 e. The number of nitrogens with one attached hydrogen (secondary N) is 1. The highest BCUT2D eigenvalue weighted by molar-refractivity contribution is 5.59. The summed E-state index contributed by atoms with van der Waals surface area (Å²) in [6, 6.07) is 21.0. The number of benzene rings is 2. The predicted octanol–water partition coefficient (Wildman–Crippen LogP) is 5.42. The van der Waals surface area contributed by atoms with Crippen LogP contribution >= 0.6 is 0 Å². The van der Waals surface area contributed by atoms with Crippen molar-refractivity contribution < 1.29 is 0 Å². The highest BCUT2D eigenvalue weighted by Gasteiger charge is 2.14. The van der Waals surface area contributed by atoms with E-state index in [1.54, 1.807) is 0 Å². The van der Waals surface area contributed by atoms with Crippen LogP contribution in [0.1, 0.15) is 36.7 Å². The Bertz CT molecular complexity index is 861. The Balaban J connectivity index is 1.89. The summed E-state index contributed by atoms with van der Waals surface area (Å²) in [5.74, 6) is 1.57. The molecule has 0 saturated heterocycles. The van der Waals surface area contributed by atoms with E-state index >= 15 is 0 Å². The first-order valence-corrected chi connectivity index (χ1v) is 9.08. The summed E-state index contributed by atoms with van der Waals surface area (Å²) in [5, 5.41) is 3.50. The first kappa shape index (κ1) is 17.9. The van der Waals surface area contributed by atoms with Crippen molar-refractivity contribution >= 4 is 17.5 Å². The first-order chi connectivity index (χ1) is 12.6. The number of nitrogens with zero attached hydrogens (tertiary/aromatic N) is 3. The minimum Gasteiger partial charge on any atom is -0.363 e. The minimum absolute atomic E-state index is 0.174. The molecule has 1 unspecified atom stereocenters. The molecule has 0 saturated carbocycles. The molecule has 0 amide bonds. The maximum atomic E-state index is 4.78. The Morgan fingerprint density at radius 2 is 1.73 bits per heavy atom. The van der Waals surface area contributed by atoms with E-state index in [4.69, 9.17) is 4.98 Å². The second kappa shape index (κ2) is 8.00. The first-order valence-electron chi connectivity index (χ1n) is 9.08. The molecule has 0 fully saturated rings. The molecule has 1 heterocycles. The summed E-state index contributed by atoms with van der Waals surface area (Å²) in [6.07, 6.45) is 0. The van der Waals surface area contributed by atoms with Crippen molar-refractivity contribution in [3.8, 4) is 0 Å². The molecule has 0 radical (unpaired) electrons. The number of rotatable bonds is 6. The van der Waals surface area contributed by atoms with Crippen molar-refractivity contribution in [3.05, 3.63) is 77.5 Å². The number of aromatic nitrogens is 2. The molecule has 0 bridgehead atoms. The number of hydrogen-bond acceptors (Lipinski definition) is 4. The monoisotopic (exact) mass is 346 g/mol. The molecule has 3 aromatic rings. The topological polar surface area (TPSA) is 41.1 Å². The highest BCUT2D eigenvalue weighted by Crippen LogP contribution is 2.25. The SMILES string of the molecule is CCN(c1cccc(C)c1)c1nc(C)cc(NC(C)c2ccccc2)n1. The summed E-state index contributed by atoms with van der Waals surface area (Å²) in [6.45, 7) is 9.18. The lowest BCUT2D eigenvalue weighted by atomic mass is 10.1. The Hall–Kier alpha value is -2.88. The second-order valence-electron chi connectivity index (χ2n) is 6.55. The second-order valence-corrected chi connectivity index (χ2v) is 6.55. The van der Waals surface area contributed by atoms with Gasteiger partial charge in [0.15, 0.2) is 0 Å². The van der Waals surface area contributed by atoms with Crippen molar-refractivity contribution in [2.24, 2.45) is 0 Å². The molecule has 4 nitrogen and oxygen atoms in total. The standard InChI is InChI=1S/C22H26N4/c1-5-26(20-13-9-10-16(2)14-20)22-23-17(3)15-21(25-22)24-18(4)19-11-7-6-8-12-19/h6-15,18H,5H2,1-4H3,(H,23,24,25). The summed E-state index contributed by atoms with van der Waals surface area (Å²) in [4.78, 5) is 11.6. The van der Waals surface area contributed by atoms with Crippen molar-refractivity contribution in [3.63, 3.8) is 0 Å². The van der Waals surface area contributed by atoms with Crippen LogP contribution in [0.3, 0.4) is 0 Å². The molecule has 1 atom stereocenters. The van der Waals surface area contributed by atoms with Crippen molar-refractivity contribution in [1.29, 1.82) is 0 Å². The Kier molecular flexibility index (Phi) is 5.52. The minimum atomic E-state index is 0.174. The van der Waals surface area contributed by atoms with Crippen molar-refractivity contribution in [1.82, 2.24) is 9.97 Å². The van der Waals surface area contributed by atoms with Crippen LogP contribution in [-0.2, 0) is 0 Å². The molecular formula is C22H26N4. The lowest BCUT2D eigenvalue weighted by molar-refractivity contribution is 0.862. The summed E-state index contributed by atoms with van der Waals surface area (Å²) in [7, 11) is 0. The van der Waals surface area contributed by atoms with Gasteiger partial charge in [-0.25, -0.2) is 4.98 Å². The van der Waals surface area contributed by atoms with Gasteiger partial charge < -0.3 is 10.2 Å². The van der Waals surface area contributed by atoms with Gasteiger partial charge in [-0.2, -0.15) is 4.98 Å². The summed E-state index contributed by atoms with van der Waals surface area (Å²) in [5.41, 5.74) is 4.52. The molecular weight excluding hydrogens is 320 g/mol. The van der Waals surface area contributed by atoms with Gasteiger partial charge in [0.25, 0.3) is 0 Å². The molecule has 26 heavy (non-hydrogen) atoms. The van der Waals surface area contributed by atoms with Crippen LogP contribution in [0.25, 0.3) is 0 Å². The van der Waals surface area contributed by atoms with Crippen molar-refractivity contribution in [2.45, 2.75) is 33.7 Å². The average molecular weight is 346 g/mol. The van der Waals surface area contributed by atoms with Crippen molar-refractivity contribution in [2.75, 3.05) is 16.8 Å². The van der Waals surface area contributed by atoms with Gasteiger partial charge in [-0.15, -0.1) is 0 Å². The molecule has 0 spiro atoms. The Morgan fingerprint density at radius 3 is 2.42 bits per heavy atom. The number of hydrogen-bond donors (Lipinski definition) is 1. The van der Waals surface area contributed by atoms with Gasteiger partial charge in [0, 0.05) is 30.0 Å². The van der Waals surface area contributed by atoms with E-state index in [1.165, 1.54) is 11.1 Å². The lowest BCUT2D eigenvalue weighted by Gasteiger charge is -2.23. The maximum absolute atomic E-state index is 4.78. The molecule has 0 aliphatic rings. The predicted molar refractivity (Wildman–Crippen MR) is 109 cm³/mol. The molecule has 3 rings (SSSR count). The third-order valence-electron chi connectivity index (χ3n) is 4.38. The molecule has 0 aliphatic heterocycles. The molecule has 4 heteroatoms. The zero-order valence-electron chi connectivity index (χ0n) is 15.9. The number of anilines is 3. The zero-order chi connectivity index (χ0) is 18.5. The smallest absolute Gasteiger partial charge is 0.232 e. The van der Waals surface area contributed by atoms with Gasteiger partial charge in [-0.3, -0.25) is 0 Å². The largest absolute Gasteiger partial charge is 0.363 e. The van der Waals surface area contributed by atoms with E-state index in [2.05, 4.69) is 84.5 Å². The van der Waals surface area contributed by atoms with Gasteiger partial charge in [-0.1, -0.05) is 42.5 Å². The highest BCUT2D eigenvalue weighted by atomic mass is 15.3. The summed E-state index contributed by atoms with van der Waals surface area (Å²) >= 11 is 0. The van der Waals surface area contributed by atoms with E-state index in [1.807, 2.05) is 19.1 Å². The number of aryl methyl sites for hydroxylation is 2. The molecule has 1 aromatic heterocycles. The van der Waals surface area contributed by atoms with Gasteiger partial charge in [0.1, 0.15) is 5.82 Å². The fraction of sp³-hybridized carbons (Fsp3) is 0.273. The van der Waals surface area contributed by atoms with Crippen LogP contribution in [0.15, 0.2) is 60.7 Å². The fourth-order valence-electron chi connectivity index (χ4n) is 3.03. The van der Waals surface area contributed by atoms with E-state index in [9.17, 15) is 0 Å². The zero-order valence-corrected chi connectivity index (χ0v) is 15.9. The molecule has 1 N–H and O–H groups in total. The van der Waals surface area contributed by atoms with Gasteiger partial charge in [0.2, 0.25) is 5.95 Å². The van der Waals surface area contributed by atoms with E-state index < -0.39 is 0 Å². The van der Waals surface area contributed by atoms with Crippen LogP contribution < -0.4 is 10.2 Å². The van der Waals surface area contributed by atoms with Crippen LogP contribution in [0.4, 0.5) is 17.5 Å². The molecule has 134 valence electrons. The van der Waals surface area contributed by atoms with E-state index in [0.717, 1.165) is 29.7 Å². The van der Waals surface area contributed by atoms with Gasteiger partial charge >= 0.3 is 0 Å². The fourth-order valence-corrected chi connectivity index (χ4v) is 3.03. The average Bonchev–Trinajstić information content (AvgIpc) is 2.63. The normalized spacial score (nSPS) is 11.8. The van der Waals surface area contributed by atoms with Gasteiger partial charge in [-0.05, 0) is 51.0 Å². The van der Waals surface area contributed by atoms with Crippen LogP contribution in [0.2, 0.25) is 0 Å². The third kappa shape index (κ3) is 4.20. The van der Waals surface area contributed by atoms with E-state index in [-0.39, 0.29) is 6.04 Å².